The Morgan fingerprint density at radius 1 is 0.679 bits per heavy atom. The molecule has 0 aromatic heterocycles. The van der Waals surface area contributed by atoms with Crippen molar-refractivity contribution in [3.63, 3.8) is 0 Å². The van der Waals surface area contributed by atoms with Crippen molar-refractivity contribution in [3.8, 4) is 0 Å². The van der Waals surface area contributed by atoms with Gasteiger partial charge in [0.05, 0.1) is 25.4 Å². The molecule has 12 nitrogen and oxygen atoms in total. The zero-order valence-electron chi connectivity index (χ0n) is 33.3. The minimum absolute atomic E-state index is 0.230. The molecule has 316 valence electrons. The number of carbonyl (C=O) groups excluding carboxylic acids is 1. The lowest BCUT2D eigenvalue weighted by Crippen LogP contribution is -2.61. The molecule has 1 fully saturated rings. The van der Waals surface area contributed by atoms with Crippen LogP contribution in [0.15, 0.2) is 0 Å². The fraction of sp³-hybridized carbons (Fsp3) is 0.975. The highest BCUT2D eigenvalue weighted by atomic mass is 32.3. The van der Waals surface area contributed by atoms with E-state index in [0.717, 1.165) is 51.4 Å². The Labute approximate surface area is 322 Å². The van der Waals surface area contributed by atoms with E-state index in [4.69, 9.17) is 14.0 Å². The molecule has 0 saturated carbocycles. The first-order valence-corrected chi connectivity index (χ1v) is 22.8. The molecule has 0 aromatic rings. The molecule has 1 amide bonds. The summed E-state index contributed by atoms with van der Waals surface area (Å²) in [5, 5.41) is 44.6. The van der Waals surface area contributed by atoms with Crippen molar-refractivity contribution >= 4 is 16.3 Å². The predicted molar refractivity (Wildman–Crippen MR) is 209 cm³/mol. The monoisotopic (exact) mass is 782 g/mol. The third-order valence-electron chi connectivity index (χ3n) is 10.4. The van der Waals surface area contributed by atoms with Crippen LogP contribution >= 0.6 is 0 Å². The molecule has 1 saturated heterocycles. The normalized spacial score (nSPS) is 21.8. The number of rotatable bonds is 36. The molecule has 1 aliphatic rings. The largest absolute Gasteiger partial charge is 0.397 e. The summed E-state index contributed by atoms with van der Waals surface area (Å²) in [5.41, 5.74) is 0. The Kier molecular flexibility index (Phi) is 30.5. The molecular formula is C40H79NO11S. The molecule has 1 rings (SSSR count). The Bertz CT molecular complexity index is 972. The maximum Gasteiger partial charge on any atom is 0.397 e. The van der Waals surface area contributed by atoms with Crippen LogP contribution in [0.25, 0.3) is 0 Å². The van der Waals surface area contributed by atoms with Crippen LogP contribution in [0.3, 0.4) is 0 Å². The van der Waals surface area contributed by atoms with Crippen LogP contribution < -0.4 is 5.32 Å². The fourth-order valence-electron chi connectivity index (χ4n) is 7.05. The number of amides is 1. The summed E-state index contributed by atoms with van der Waals surface area (Å²) in [7, 11) is -5.07. The Balaban J connectivity index is 2.48. The average Bonchev–Trinajstić information content (AvgIpc) is 3.12. The number of nitrogens with one attached hydrogen (secondary N) is 1. The van der Waals surface area contributed by atoms with E-state index in [2.05, 4.69) is 23.3 Å². The van der Waals surface area contributed by atoms with Gasteiger partial charge in [-0.3, -0.25) is 9.35 Å². The van der Waals surface area contributed by atoms with E-state index < -0.39 is 59.9 Å². The molecule has 0 aliphatic carbocycles. The van der Waals surface area contributed by atoms with Crippen molar-refractivity contribution in [1.82, 2.24) is 5.32 Å². The molecule has 0 bridgehead atoms. The summed E-state index contributed by atoms with van der Waals surface area (Å²) in [6.45, 7) is 3.41. The summed E-state index contributed by atoms with van der Waals surface area (Å²) in [4.78, 5) is 13.0. The number of unbranched alkanes of at least 4 members (excludes halogenated alkanes) is 24. The summed E-state index contributed by atoms with van der Waals surface area (Å²) in [6, 6.07) is -0.849. The zero-order valence-corrected chi connectivity index (χ0v) is 34.2. The second-order valence-electron chi connectivity index (χ2n) is 15.3. The number of ether oxygens (including phenoxy) is 2. The van der Waals surface area contributed by atoms with E-state index in [1.54, 1.807) is 0 Å². The maximum atomic E-state index is 13.0. The minimum atomic E-state index is -5.07. The molecule has 7 atom stereocenters. The van der Waals surface area contributed by atoms with Crippen LogP contribution in [-0.4, -0.2) is 95.4 Å². The van der Waals surface area contributed by atoms with Gasteiger partial charge >= 0.3 is 10.4 Å². The molecule has 7 unspecified atom stereocenters. The Morgan fingerprint density at radius 3 is 1.51 bits per heavy atom. The number of hydrogen-bond donors (Lipinski definition) is 6. The molecule has 13 heteroatoms. The highest BCUT2D eigenvalue weighted by Gasteiger charge is 2.48. The van der Waals surface area contributed by atoms with Crippen LogP contribution in [0, 0.1) is 0 Å². The van der Waals surface area contributed by atoms with E-state index in [1.807, 2.05) is 0 Å². The average molecular weight is 782 g/mol. The second-order valence-corrected chi connectivity index (χ2v) is 16.3. The molecule has 1 aliphatic heterocycles. The number of hydrogen-bond acceptors (Lipinski definition) is 10. The van der Waals surface area contributed by atoms with Gasteiger partial charge in [0.1, 0.15) is 24.4 Å². The second kappa shape index (κ2) is 32.2. The number of aliphatic hydroxyl groups excluding tert-OH is 4. The molecule has 0 radical (unpaired) electrons. The fourth-order valence-corrected chi connectivity index (χ4v) is 7.56. The topological polar surface area (TPSA) is 192 Å². The van der Waals surface area contributed by atoms with E-state index >= 15 is 0 Å². The van der Waals surface area contributed by atoms with Crippen LogP contribution in [0.2, 0.25) is 0 Å². The van der Waals surface area contributed by atoms with Gasteiger partial charge in [-0.2, -0.15) is 8.42 Å². The molecule has 6 N–H and O–H groups in total. The highest BCUT2D eigenvalue weighted by molar-refractivity contribution is 7.80. The molecule has 53 heavy (non-hydrogen) atoms. The third-order valence-corrected chi connectivity index (χ3v) is 10.9. The minimum Gasteiger partial charge on any atom is -0.394 e. The summed E-state index contributed by atoms with van der Waals surface area (Å²) >= 11 is 0. The van der Waals surface area contributed by atoms with Crippen LogP contribution in [0.1, 0.15) is 194 Å². The molecule has 1 heterocycles. The number of carbonyl (C=O) groups is 1. The van der Waals surface area contributed by atoms with Gasteiger partial charge in [-0.15, -0.1) is 0 Å². The van der Waals surface area contributed by atoms with Gasteiger partial charge in [-0.05, 0) is 12.8 Å². The van der Waals surface area contributed by atoms with E-state index in [0.29, 0.717) is 12.8 Å². The van der Waals surface area contributed by atoms with Crippen molar-refractivity contribution in [2.45, 2.75) is 236 Å². The molecule has 0 aromatic carbocycles. The van der Waals surface area contributed by atoms with Crippen molar-refractivity contribution in [2.24, 2.45) is 0 Å². The lowest BCUT2D eigenvalue weighted by Gasteiger charge is -2.41. The smallest absolute Gasteiger partial charge is 0.394 e. The van der Waals surface area contributed by atoms with Crippen molar-refractivity contribution in [2.75, 3.05) is 13.2 Å². The van der Waals surface area contributed by atoms with E-state index in [9.17, 15) is 33.6 Å². The van der Waals surface area contributed by atoms with Crippen molar-refractivity contribution in [1.29, 1.82) is 0 Å². The van der Waals surface area contributed by atoms with Gasteiger partial charge in [-0.25, -0.2) is 4.18 Å². The van der Waals surface area contributed by atoms with Gasteiger partial charge in [-0.1, -0.05) is 174 Å². The lowest BCUT2D eigenvalue weighted by molar-refractivity contribution is -0.298. The predicted octanol–water partition coefficient (Wildman–Crippen LogP) is 7.44. The third kappa shape index (κ3) is 25.8. The first-order valence-electron chi connectivity index (χ1n) is 21.4. The number of aliphatic hydroxyl groups is 4. The quantitative estimate of drug-likeness (QED) is 0.0274. The zero-order chi connectivity index (χ0) is 39.2. The van der Waals surface area contributed by atoms with Gasteiger partial charge in [0, 0.05) is 6.42 Å². The maximum absolute atomic E-state index is 13.0. The SMILES string of the molecule is CCCCCCCCCCCCCCCCCCCC(=O)NC(COC1OC(CO)C(O)C(OS(=O)(=O)O)C1O)C(O)CCCCCCCCCCC. The summed E-state index contributed by atoms with van der Waals surface area (Å²) in [5.74, 6) is -0.230. The van der Waals surface area contributed by atoms with Crippen molar-refractivity contribution in [3.05, 3.63) is 0 Å². The van der Waals surface area contributed by atoms with E-state index in [1.165, 1.54) is 116 Å². The van der Waals surface area contributed by atoms with Gasteiger partial charge in [0.25, 0.3) is 0 Å². The Morgan fingerprint density at radius 2 is 1.09 bits per heavy atom. The van der Waals surface area contributed by atoms with Gasteiger partial charge in [0.2, 0.25) is 5.91 Å². The summed E-state index contributed by atoms with van der Waals surface area (Å²) < 4.78 is 47.4. The van der Waals surface area contributed by atoms with E-state index in [-0.39, 0.29) is 12.5 Å². The Hall–Kier alpha value is -0.900. The van der Waals surface area contributed by atoms with Gasteiger partial charge in [0.15, 0.2) is 6.29 Å². The van der Waals surface area contributed by atoms with Crippen LogP contribution in [0.4, 0.5) is 0 Å². The standard InChI is InChI=1S/C40H79NO11S/c1-3-5-7-9-11-13-14-15-16-17-18-19-20-22-24-26-28-30-36(44)41-33(34(43)29-27-25-23-21-12-10-8-6-4-2)32-50-40-38(46)39(52-53(47,48)49)37(45)35(31-42)51-40/h33-35,37-40,42-43,45-46H,3-32H2,1-2H3,(H,41,44)(H,47,48,49). The van der Waals surface area contributed by atoms with Crippen LogP contribution in [0.5, 0.6) is 0 Å². The first-order chi connectivity index (χ1) is 25.5. The van der Waals surface area contributed by atoms with Gasteiger partial charge < -0.3 is 35.2 Å². The van der Waals surface area contributed by atoms with Crippen LogP contribution in [-0.2, 0) is 28.9 Å². The molecule has 0 spiro atoms. The summed E-state index contributed by atoms with van der Waals surface area (Å²) in [6.07, 6.45) is 22.6. The first kappa shape index (κ1) is 50.1. The highest BCUT2D eigenvalue weighted by Crippen LogP contribution is 2.26. The molecular weight excluding hydrogens is 703 g/mol. The van der Waals surface area contributed by atoms with Crippen molar-refractivity contribution < 1.29 is 51.8 Å². The lowest BCUT2D eigenvalue weighted by atomic mass is 9.99.